The highest BCUT2D eigenvalue weighted by Crippen LogP contribution is 2.41. The van der Waals surface area contributed by atoms with Gasteiger partial charge in [-0.05, 0) is 74.6 Å². The predicted octanol–water partition coefficient (Wildman–Crippen LogP) is 4.75. The van der Waals surface area contributed by atoms with Crippen molar-refractivity contribution < 1.29 is 28.5 Å². The van der Waals surface area contributed by atoms with E-state index in [0.717, 1.165) is 19.4 Å². The van der Waals surface area contributed by atoms with Crippen LogP contribution in [0.25, 0.3) is 10.8 Å². The topological polar surface area (TPSA) is 102 Å². The second-order valence-electron chi connectivity index (χ2n) is 11.9. The number of hydrogen-bond donors (Lipinski definition) is 2. The lowest BCUT2D eigenvalue weighted by molar-refractivity contribution is 0.0997. The maximum Gasteiger partial charge on any atom is 0.318 e. The predicted molar refractivity (Wildman–Crippen MR) is 160 cm³/mol. The van der Waals surface area contributed by atoms with Crippen LogP contribution in [0.3, 0.4) is 0 Å². The maximum atomic E-state index is 14.7. The minimum atomic E-state index is -0.518. The van der Waals surface area contributed by atoms with E-state index in [0.29, 0.717) is 84.0 Å². The second-order valence-corrected chi connectivity index (χ2v) is 11.9. The van der Waals surface area contributed by atoms with Crippen LogP contribution in [0, 0.1) is 5.82 Å². The highest BCUT2D eigenvalue weighted by atomic mass is 19.1. The number of hydrogen-bond acceptors (Lipinski definition) is 8. The van der Waals surface area contributed by atoms with Crippen molar-refractivity contribution >= 4 is 28.2 Å². The van der Waals surface area contributed by atoms with Crippen LogP contribution < -0.4 is 14.5 Å². The molecule has 1 aromatic heterocycles. The number of aliphatic hydroxyl groups excluding tert-OH is 1. The van der Waals surface area contributed by atoms with Gasteiger partial charge in [-0.25, -0.2) is 8.78 Å². The maximum absolute atomic E-state index is 14.7. The third kappa shape index (κ3) is 5.72. The standard InChI is InChI=1S/C25H27FN4O4.C7H12FN/c1-3-17-18(26)7-6-14-11-16(32)12-20(21(14)17)30-13-19-22(24(30)33)23(28-25(27-19)34-2)29-9-4-5-15(31)8-10-29;8-6-4-7-2-1-3-9(7)5-6/h6-7,11-12,15,31-32H,3-5,8-10,13H2,1-2H3;6-7H,1-5H2. The number of rotatable bonds is 4. The Labute approximate surface area is 250 Å². The number of aliphatic hydroxyl groups is 1. The Morgan fingerprint density at radius 3 is 2.67 bits per heavy atom. The fourth-order valence-electron chi connectivity index (χ4n) is 7.03. The van der Waals surface area contributed by atoms with Gasteiger partial charge in [0.15, 0.2) is 0 Å². The molecule has 0 aliphatic carbocycles. The van der Waals surface area contributed by atoms with Crippen molar-refractivity contribution in [2.24, 2.45) is 0 Å². The van der Waals surface area contributed by atoms with E-state index in [9.17, 15) is 23.8 Å². The number of nitrogens with zero attached hydrogens (tertiary/aromatic N) is 5. The number of carbonyl (C=O) groups excluding carboxylic acids is 1. The van der Waals surface area contributed by atoms with Gasteiger partial charge in [0.25, 0.3) is 5.91 Å². The SMILES string of the molecule is CCc1c(F)ccc2cc(O)cc(N3Cc4nc(OC)nc(N5CCCC(O)CC5)c4C3=O)c12.FC1CC2CCCN2C1. The third-order valence-electron chi connectivity index (χ3n) is 9.13. The summed E-state index contributed by atoms with van der Waals surface area (Å²) in [7, 11) is 1.48. The highest BCUT2D eigenvalue weighted by Gasteiger charge is 2.38. The van der Waals surface area contributed by atoms with Gasteiger partial charge in [-0.15, -0.1) is 0 Å². The average Bonchev–Trinajstić information content (AvgIpc) is 3.62. The molecule has 7 rings (SSSR count). The summed E-state index contributed by atoms with van der Waals surface area (Å²) in [5, 5.41) is 21.7. The van der Waals surface area contributed by atoms with E-state index in [1.54, 1.807) is 12.1 Å². The number of aryl methyl sites for hydroxylation is 1. The average molecular weight is 596 g/mol. The largest absolute Gasteiger partial charge is 0.508 e. The van der Waals surface area contributed by atoms with Crippen LogP contribution in [0.5, 0.6) is 11.8 Å². The number of phenols is 1. The number of aromatic nitrogens is 2. The number of ether oxygens (including phenoxy) is 1. The van der Waals surface area contributed by atoms with E-state index < -0.39 is 6.17 Å². The van der Waals surface area contributed by atoms with E-state index in [4.69, 9.17) is 4.74 Å². The van der Waals surface area contributed by atoms with Crippen LogP contribution in [-0.4, -0.2) is 82.6 Å². The molecule has 4 aliphatic rings. The van der Waals surface area contributed by atoms with Gasteiger partial charge in [-0.1, -0.05) is 13.0 Å². The lowest BCUT2D eigenvalue weighted by Crippen LogP contribution is -2.29. The van der Waals surface area contributed by atoms with Gasteiger partial charge in [-0.2, -0.15) is 9.97 Å². The zero-order chi connectivity index (χ0) is 30.2. The summed E-state index contributed by atoms with van der Waals surface area (Å²) in [5.41, 5.74) is 1.82. The fraction of sp³-hybridized carbons (Fsp3) is 0.531. The Hall–Kier alpha value is -3.57. The van der Waals surface area contributed by atoms with E-state index in [1.165, 1.54) is 37.0 Å². The molecule has 3 atom stereocenters. The number of halogens is 2. The van der Waals surface area contributed by atoms with Gasteiger partial charge < -0.3 is 24.7 Å². The summed E-state index contributed by atoms with van der Waals surface area (Å²) < 4.78 is 32.6. The summed E-state index contributed by atoms with van der Waals surface area (Å²) in [6.45, 7) is 5.07. The lowest BCUT2D eigenvalue weighted by Gasteiger charge is -2.24. The van der Waals surface area contributed by atoms with Crippen LogP contribution in [0.15, 0.2) is 24.3 Å². The highest BCUT2D eigenvalue weighted by molar-refractivity contribution is 6.16. The van der Waals surface area contributed by atoms with E-state index in [-0.39, 0.29) is 36.1 Å². The summed E-state index contributed by atoms with van der Waals surface area (Å²) in [6.07, 6.45) is 4.92. The molecule has 2 aromatic carbocycles. The number of fused-ring (bicyclic) bond motifs is 3. The summed E-state index contributed by atoms with van der Waals surface area (Å²) in [6, 6.07) is 6.83. The second kappa shape index (κ2) is 12.2. The number of methoxy groups -OCH3 is 1. The molecule has 0 spiro atoms. The Balaban J connectivity index is 0.000000310. The van der Waals surface area contributed by atoms with E-state index >= 15 is 0 Å². The van der Waals surface area contributed by atoms with Gasteiger partial charge in [0.05, 0.1) is 31.1 Å². The van der Waals surface area contributed by atoms with Crippen LogP contribution in [0.2, 0.25) is 0 Å². The molecule has 0 saturated carbocycles. The fourth-order valence-corrected chi connectivity index (χ4v) is 7.03. The molecule has 43 heavy (non-hydrogen) atoms. The normalized spacial score (nSPS) is 23.7. The van der Waals surface area contributed by atoms with E-state index in [2.05, 4.69) is 14.9 Å². The van der Waals surface area contributed by atoms with Crippen molar-refractivity contribution in [1.82, 2.24) is 14.9 Å². The molecule has 2 N–H and O–H groups in total. The van der Waals surface area contributed by atoms with Gasteiger partial charge in [0, 0.05) is 37.1 Å². The Morgan fingerprint density at radius 1 is 1.09 bits per heavy atom. The van der Waals surface area contributed by atoms with Gasteiger partial charge in [0.1, 0.15) is 29.1 Å². The van der Waals surface area contributed by atoms with Crippen molar-refractivity contribution in [2.75, 3.05) is 43.1 Å². The summed E-state index contributed by atoms with van der Waals surface area (Å²) in [5.74, 6) is -0.188. The minimum absolute atomic E-state index is 0.00897. The summed E-state index contributed by atoms with van der Waals surface area (Å²) in [4.78, 5) is 28.6. The van der Waals surface area contributed by atoms with E-state index in [1.807, 2.05) is 11.8 Å². The zero-order valence-corrected chi connectivity index (χ0v) is 24.7. The number of alkyl halides is 1. The molecule has 3 saturated heterocycles. The van der Waals surface area contributed by atoms with Crippen molar-refractivity contribution in [3.8, 4) is 11.8 Å². The number of anilines is 2. The van der Waals surface area contributed by atoms with Crippen LogP contribution in [0.4, 0.5) is 20.3 Å². The number of phenolic OH excluding ortho intramolecular Hbond substituents is 1. The number of carbonyl (C=O) groups is 1. The quantitative estimate of drug-likeness (QED) is 0.446. The molecule has 9 nitrogen and oxygen atoms in total. The molecule has 11 heteroatoms. The molecule has 5 heterocycles. The molecule has 3 fully saturated rings. The molecule has 1 amide bonds. The van der Waals surface area contributed by atoms with Crippen LogP contribution >= 0.6 is 0 Å². The van der Waals surface area contributed by atoms with Gasteiger partial charge >= 0.3 is 6.01 Å². The molecule has 3 aromatic rings. The molecule has 4 aliphatic heterocycles. The van der Waals surface area contributed by atoms with Gasteiger partial charge in [-0.3, -0.25) is 9.69 Å². The van der Waals surface area contributed by atoms with Crippen molar-refractivity contribution in [3.63, 3.8) is 0 Å². The van der Waals surface area contributed by atoms with Crippen molar-refractivity contribution in [2.45, 2.75) is 76.7 Å². The van der Waals surface area contributed by atoms with Crippen molar-refractivity contribution in [1.29, 1.82) is 0 Å². The first-order valence-electron chi connectivity index (χ1n) is 15.3. The number of benzene rings is 2. The molecule has 230 valence electrons. The Bertz CT molecular complexity index is 1510. The number of aromatic hydroxyl groups is 1. The minimum Gasteiger partial charge on any atom is -0.508 e. The molecular formula is C32H39F2N5O4. The third-order valence-corrected chi connectivity index (χ3v) is 9.13. The zero-order valence-electron chi connectivity index (χ0n) is 24.7. The molecule has 3 unspecified atom stereocenters. The number of amides is 1. The molecule has 0 bridgehead atoms. The van der Waals surface area contributed by atoms with Gasteiger partial charge in [0.2, 0.25) is 0 Å². The molecule has 0 radical (unpaired) electrons. The lowest BCUT2D eigenvalue weighted by atomic mass is 9.99. The first kappa shape index (κ1) is 29.5. The monoisotopic (exact) mass is 595 g/mol. The first-order valence-corrected chi connectivity index (χ1v) is 15.3. The summed E-state index contributed by atoms with van der Waals surface area (Å²) >= 11 is 0. The Morgan fingerprint density at radius 2 is 1.91 bits per heavy atom. The first-order chi connectivity index (χ1) is 20.8. The molecular weight excluding hydrogens is 556 g/mol. The van der Waals surface area contributed by atoms with Crippen molar-refractivity contribution in [3.05, 3.63) is 46.9 Å². The van der Waals surface area contributed by atoms with Crippen LogP contribution in [0.1, 0.15) is 67.1 Å². The van der Waals surface area contributed by atoms with Crippen LogP contribution in [-0.2, 0) is 13.0 Å². The Kier molecular flexibility index (Phi) is 8.37. The smallest absolute Gasteiger partial charge is 0.318 e.